The monoisotopic (exact) mass is 431 g/mol. The molecule has 3 heterocycles. The lowest BCUT2D eigenvalue weighted by molar-refractivity contribution is -0.130. The molecule has 1 amide bonds. The van der Waals surface area contributed by atoms with Gasteiger partial charge in [-0.25, -0.2) is 4.98 Å². The summed E-state index contributed by atoms with van der Waals surface area (Å²) in [7, 11) is 0. The molecule has 32 heavy (non-hydrogen) atoms. The highest BCUT2D eigenvalue weighted by Gasteiger charge is 2.19. The second-order valence-electron chi connectivity index (χ2n) is 8.01. The summed E-state index contributed by atoms with van der Waals surface area (Å²) in [5, 5.41) is 4.12. The number of hydrogen-bond donors (Lipinski definition) is 0. The Labute approximate surface area is 185 Å². The van der Waals surface area contributed by atoms with E-state index >= 15 is 0 Å². The van der Waals surface area contributed by atoms with E-state index < -0.39 is 0 Å². The topological polar surface area (TPSA) is 86.3 Å². The van der Waals surface area contributed by atoms with Gasteiger partial charge in [-0.2, -0.15) is 4.98 Å². The summed E-state index contributed by atoms with van der Waals surface area (Å²) in [6.45, 7) is 4.26. The van der Waals surface area contributed by atoms with Gasteiger partial charge in [-0.1, -0.05) is 23.4 Å². The van der Waals surface area contributed by atoms with Gasteiger partial charge >= 0.3 is 0 Å². The number of rotatable bonds is 7. The number of hydrogen-bond acceptors (Lipinski definition) is 6. The van der Waals surface area contributed by atoms with Crippen LogP contribution in [0.1, 0.15) is 38.2 Å². The Balaban J connectivity index is 1.28. The van der Waals surface area contributed by atoms with Crippen LogP contribution >= 0.6 is 0 Å². The minimum Gasteiger partial charge on any atom is -0.481 e. The Kier molecular flexibility index (Phi) is 5.58. The zero-order valence-electron chi connectivity index (χ0n) is 18.0. The maximum atomic E-state index is 12.3. The van der Waals surface area contributed by atoms with Crippen LogP contribution < -0.4 is 4.74 Å². The molecule has 5 rings (SSSR count). The summed E-state index contributed by atoms with van der Waals surface area (Å²) in [6, 6.07) is 15.4. The van der Waals surface area contributed by atoms with E-state index in [2.05, 4.69) is 15.1 Å². The first kappa shape index (κ1) is 20.2. The van der Waals surface area contributed by atoms with Gasteiger partial charge in [0.15, 0.2) is 6.10 Å². The number of amides is 1. The third-order valence-electron chi connectivity index (χ3n) is 5.75. The summed E-state index contributed by atoms with van der Waals surface area (Å²) in [6.07, 6.45) is 4.12. The van der Waals surface area contributed by atoms with Crippen LogP contribution in [-0.2, 0) is 11.3 Å². The third-order valence-corrected chi connectivity index (χ3v) is 5.75. The number of imidazole rings is 1. The van der Waals surface area contributed by atoms with Crippen LogP contribution in [0.5, 0.6) is 5.75 Å². The molecule has 4 aromatic rings. The lowest BCUT2D eigenvalue weighted by atomic mass is 10.2. The van der Waals surface area contributed by atoms with E-state index in [-0.39, 0.29) is 12.0 Å². The van der Waals surface area contributed by atoms with Crippen molar-refractivity contribution in [1.82, 2.24) is 24.6 Å². The quantitative estimate of drug-likeness (QED) is 0.435. The number of likely N-dealkylation sites (tertiary alicyclic amines) is 1. The minimum atomic E-state index is -0.366. The Morgan fingerprint density at radius 3 is 2.78 bits per heavy atom. The molecule has 2 aromatic heterocycles. The van der Waals surface area contributed by atoms with E-state index in [0.717, 1.165) is 48.3 Å². The Bertz CT molecular complexity index is 1210. The zero-order chi connectivity index (χ0) is 21.9. The fourth-order valence-electron chi connectivity index (χ4n) is 3.99. The van der Waals surface area contributed by atoms with Gasteiger partial charge in [0.25, 0.3) is 5.89 Å². The van der Waals surface area contributed by atoms with Crippen molar-refractivity contribution in [2.75, 3.05) is 13.1 Å². The predicted molar refractivity (Wildman–Crippen MR) is 119 cm³/mol. The predicted octanol–water partition coefficient (Wildman–Crippen LogP) is 4.24. The van der Waals surface area contributed by atoms with Crippen molar-refractivity contribution in [1.29, 1.82) is 0 Å². The fourth-order valence-corrected chi connectivity index (χ4v) is 3.99. The summed E-state index contributed by atoms with van der Waals surface area (Å²) >= 11 is 0. The standard InChI is InChI=1S/C24H25N5O3/c1-17(31-19-7-3-2-4-8-19)24-26-23(27-32-24)18-9-10-21-20(15-18)25-16-29(21)14-11-22(30)28-12-5-6-13-28/h2-4,7-10,15-17H,5-6,11-14H2,1H3/t17-/m0/s1. The highest BCUT2D eigenvalue weighted by molar-refractivity contribution is 5.81. The molecule has 1 aliphatic rings. The molecular formula is C24H25N5O3. The smallest absolute Gasteiger partial charge is 0.267 e. The summed E-state index contributed by atoms with van der Waals surface area (Å²) < 4.78 is 13.3. The number of fused-ring (bicyclic) bond motifs is 1. The normalized spacial score (nSPS) is 14.7. The number of nitrogens with zero attached hydrogens (tertiary/aromatic N) is 5. The first-order valence-corrected chi connectivity index (χ1v) is 11.0. The molecule has 0 spiro atoms. The molecule has 1 fully saturated rings. The van der Waals surface area contributed by atoms with Crippen LogP contribution in [0.3, 0.4) is 0 Å². The zero-order valence-corrected chi connectivity index (χ0v) is 18.0. The second-order valence-corrected chi connectivity index (χ2v) is 8.01. The van der Waals surface area contributed by atoms with Crippen molar-refractivity contribution in [3.05, 3.63) is 60.7 Å². The molecule has 1 atom stereocenters. The van der Waals surface area contributed by atoms with E-state index in [9.17, 15) is 4.79 Å². The molecule has 0 saturated carbocycles. The molecule has 0 aliphatic carbocycles. The van der Waals surface area contributed by atoms with E-state index in [1.54, 1.807) is 6.33 Å². The number of para-hydroxylation sites is 1. The number of ether oxygens (including phenoxy) is 1. The Hall–Kier alpha value is -3.68. The van der Waals surface area contributed by atoms with Crippen LogP contribution in [0.15, 0.2) is 59.4 Å². The molecule has 0 N–H and O–H groups in total. The third kappa shape index (κ3) is 4.21. The van der Waals surface area contributed by atoms with Gasteiger partial charge in [-0.3, -0.25) is 4.79 Å². The number of benzene rings is 2. The van der Waals surface area contributed by atoms with Crippen molar-refractivity contribution in [3.8, 4) is 17.1 Å². The molecule has 0 unspecified atom stereocenters. The van der Waals surface area contributed by atoms with Gasteiger partial charge in [0.1, 0.15) is 5.75 Å². The average molecular weight is 431 g/mol. The van der Waals surface area contributed by atoms with Gasteiger partial charge in [0, 0.05) is 31.6 Å². The second kappa shape index (κ2) is 8.82. The van der Waals surface area contributed by atoms with E-state index in [4.69, 9.17) is 9.26 Å². The molecule has 1 aliphatic heterocycles. The summed E-state index contributed by atoms with van der Waals surface area (Å²) in [5.74, 6) is 1.86. The first-order valence-electron chi connectivity index (χ1n) is 11.0. The van der Waals surface area contributed by atoms with Gasteiger partial charge in [-0.15, -0.1) is 0 Å². The molecular weight excluding hydrogens is 406 g/mol. The number of aryl methyl sites for hydroxylation is 1. The summed E-state index contributed by atoms with van der Waals surface area (Å²) in [4.78, 5) is 23.3. The lowest BCUT2D eigenvalue weighted by Gasteiger charge is -2.15. The molecule has 1 saturated heterocycles. The average Bonchev–Trinajstić information content (AvgIpc) is 3.59. The van der Waals surface area contributed by atoms with Gasteiger partial charge in [0.05, 0.1) is 17.4 Å². The summed E-state index contributed by atoms with van der Waals surface area (Å²) in [5.41, 5.74) is 2.63. The Morgan fingerprint density at radius 1 is 1.16 bits per heavy atom. The van der Waals surface area contributed by atoms with E-state index in [1.165, 1.54) is 0 Å². The first-order chi connectivity index (χ1) is 15.7. The molecule has 164 valence electrons. The molecule has 2 aromatic carbocycles. The highest BCUT2D eigenvalue weighted by Crippen LogP contribution is 2.25. The van der Waals surface area contributed by atoms with Crippen LogP contribution in [0, 0.1) is 0 Å². The van der Waals surface area contributed by atoms with Crippen molar-refractivity contribution >= 4 is 16.9 Å². The van der Waals surface area contributed by atoms with E-state index in [1.807, 2.05) is 64.9 Å². The minimum absolute atomic E-state index is 0.215. The fraction of sp³-hybridized carbons (Fsp3) is 0.333. The number of carbonyl (C=O) groups is 1. The molecule has 8 heteroatoms. The largest absolute Gasteiger partial charge is 0.481 e. The van der Waals surface area contributed by atoms with Crippen LogP contribution in [0.25, 0.3) is 22.4 Å². The van der Waals surface area contributed by atoms with E-state index in [0.29, 0.717) is 24.7 Å². The van der Waals surface area contributed by atoms with Crippen LogP contribution in [0.2, 0.25) is 0 Å². The SMILES string of the molecule is C[C@H](Oc1ccccc1)c1nc(-c2ccc3c(c2)ncn3CCC(=O)N2CCCC2)no1. The maximum absolute atomic E-state index is 12.3. The van der Waals surface area contributed by atoms with Crippen molar-refractivity contribution < 1.29 is 14.1 Å². The van der Waals surface area contributed by atoms with Gasteiger partial charge in [-0.05, 0) is 50.1 Å². The lowest BCUT2D eigenvalue weighted by Crippen LogP contribution is -2.28. The molecule has 0 bridgehead atoms. The highest BCUT2D eigenvalue weighted by atomic mass is 16.5. The maximum Gasteiger partial charge on any atom is 0.267 e. The van der Waals surface area contributed by atoms with Crippen molar-refractivity contribution in [2.45, 2.75) is 38.8 Å². The molecule has 0 radical (unpaired) electrons. The van der Waals surface area contributed by atoms with Gasteiger partial charge < -0.3 is 18.7 Å². The molecule has 8 nitrogen and oxygen atoms in total. The number of carbonyl (C=O) groups excluding carboxylic acids is 1. The van der Waals surface area contributed by atoms with Crippen molar-refractivity contribution in [3.63, 3.8) is 0 Å². The van der Waals surface area contributed by atoms with Crippen LogP contribution in [-0.4, -0.2) is 43.6 Å². The Morgan fingerprint density at radius 2 is 1.97 bits per heavy atom. The van der Waals surface area contributed by atoms with Crippen molar-refractivity contribution in [2.24, 2.45) is 0 Å². The van der Waals surface area contributed by atoms with Gasteiger partial charge in [0.2, 0.25) is 11.7 Å². The number of aromatic nitrogens is 4. The van der Waals surface area contributed by atoms with Crippen LogP contribution in [0.4, 0.5) is 0 Å².